The Labute approximate surface area is 113 Å². The van der Waals surface area contributed by atoms with Crippen LogP contribution in [0.1, 0.15) is 49.4 Å². The number of rotatable bonds is 4. The minimum absolute atomic E-state index is 0.141. The summed E-state index contributed by atoms with van der Waals surface area (Å²) >= 11 is 5.75. The van der Waals surface area contributed by atoms with Gasteiger partial charge in [0.25, 0.3) is 5.91 Å². The van der Waals surface area contributed by atoms with Crippen LogP contribution < -0.4 is 5.32 Å². The van der Waals surface area contributed by atoms with E-state index >= 15 is 0 Å². The van der Waals surface area contributed by atoms with Crippen molar-refractivity contribution in [3.8, 4) is 0 Å². The molecule has 0 saturated heterocycles. The van der Waals surface area contributed by atoms with E-state index in [0.717, 1.165) is 24.8 Å². The molecule has 1 heterocycles. The van der Waals surface area contributed by atoms with Gasteiger partial charge in [0.2, 0.25) is 5.22 Å². The van der Waals surface area contributed by atoms with Crippen molar-refractivity contribution in [2.24, 2.45) is 11.8 Å². The number of carbonyl (C=O) groups excluding carboxylic acids is 1. The van der Waals surface area contributed by atoms with E-state index in [1.165, 1.54) is 31.9 Å². The van der Waals surface area contributed by atoms with E-state index in [4.69, 9.17) is 16.0 Å². The maximum Gasteiger partial charge on any atom is 0.256 e. The second-order valence-corrected chi connectivity index (χ2v) is 5.63. The number of carbonyl (C=O) groups is 1. The van der Waals surface area contributed by atoms with Gasteiger partial charge in [0.15, 0.2) is 0 Å². The Kier molecular flexibility index (Phi) is 4.70. The van der Waals surface area contributed by atoms with Crippen molar-refractivity contribution in [1.82, 2.24) is 5.32 Å². The summed E-state index contributed by atoms with van der Waals surface area (Å²) in [6, 6.07) is 1.60. The lowest BCUT2D eigenvalue weighted by molar-refractivity contribution is 0.0949. The number of furan rings is 1. The summed E-state index contributed by atoms with van der Waals surface area (Å²) in [6.45, 7) is 3.04. The van der Waals surface area contributed by atoms with Crippen LogP contribution in [0.5, 0.6) is 0 Å². The third kappa shape index (κ3) is 3.52. The molecule has 0 bridgehead atoms. The smallest absolute Gasteiger partial charge is 0.256 e. The maximum atomic E-state index is 11.8. The number of halogens is 1. The highest BCUT2D eigenvalue weighted by atomic mass is 35.5. The van der Waals surface area contributed by atoms with Crippen LogP contribution in [-0.2, 0) is 0 Å². The molecule has 18 heavy (non-hydrogen) atoms. The Morgan fingerprint density at radius 2 is 2.39 bits per heavy atom. The lowest BCUT2D eigenvalue weighted by Gasteiger charge is -2.26. The Bertz CT molecular complexity index is 402. The largest absolute Gasteiger partial charge is 0.452 e. The molecular formula is C14H20ClNO2. The molecule has 0 radical (unpaired) electrons. The Hall–Kier alpha value is -0.960. The molecule has 1 saturated carbocycles. The summed E-state index contributed by atoms with van der Waals surface area (Å²) in [6.07, 6.45) is 7.77. The minimum Gasteiger partial charge on any atom is -0.452 e. The van der Waals surface area contributed by atoms with Gasteiger partial charge in [0.05, 0.1) is 11.8 Å². The van der Waals surface area contributed by atoms with E-state index < -0.39 is 0 Å². The van der Waals surface area contributed by atoms with E-state index in [1.807, 2.05) is 0 Å². The topological polar surface area (TPSA) is 42.2 Å². The predicted molar refractivity (Wildman–Crippen MR) is 71.8 cm³/mol. The molecule has 3 nitrogen and oxygen atoms in total. The summed E-state index contributed by atoms with van der Waals surface area (Å²) in [7, 11) is 0. The molecule has 1 amide bonds. The highest BCUT2D eigenvalue weighted by Gasteiger charge is 2.19. The van der Waals surface area contributed by atoms with Gasteiger partial charge in [-0.15, -0.1) is 0 Å². The Morgan fingerprint density at radius 3 is 3.06 bits per heavy atom. The molecule has 2 atom stereocenters. The van der Waals surface area contributed by atoms with Crippen LogP contribution in [0.25, 0.3) is 0 Å². The van der Waals surface area contributed by atoms with E-state index in [1.54, 1.807) is 6.07 Å². The van der Waals surface area contributed by atoms with Crippen molar-refractivity contribution in [2.45, 2.75) is 39.0 Å². The van der Waals surface area contributed by atoms with Crippen LogP contribution in [0.15, 0.2) is 16.7 Å². The van der Waals surface area contributed by atoms with Crippen LogP contribution in [-0.4, -0.2) is 12.5 Å². The van der Waals surface area contributed by atoms with Crippen LogP contribution in [0.4, 0.5) is 0 Å². The van der Waals surface area contributed by atoms with Gasteiger partial charge in [-0.3, -0.25) is 4.79 Å². The second-order valence-electron chi connectivity index (χ2n) is 5.29. The van der Waals surface area contributed by atoms with E-state index in [9.17, 15) is 4.79 Å². The monoisotopic (exact) mass is 269 g/mol. The lowest BCUT2D eigenvalue weighted by Crippen LogP contribution is -2.27. The van der Waals surface area contributed by atoms with Crippen LogP contribution in [0, 0.1) is 11.8 Å². The zero-order valence-corrected chi connectivity index (χ0v) is 11.5. The molecule has 1 fully saturated rings. The van der Waals surface area contributed by atoms with Crippen molar-refractivity contribution in [3.05, 3.63) is 23.1 Å². The van der Waals surface area contributed by atoms with Gasteiger partial charge in [-0.25, -0.2) is 0 Å². The highest BCUT2D eigenvalue weighted by Crippen LogP contribution is 2.30. The highest BCUT2D eigenvalue weighted by molar-refractivity contribution is 6.32. The second kappa shape index (κ2) is 6.28. The summed E-state index contributed by atoms with van der Waals surface area (Å²) in [4.78, 5) is 11.8. The SMILES string of the molecule is CC1CCCC(CCNC(=O)c2ccoc2Cl)C1. The average Bonchev–Trinajstić information content (AvgIpc) is 2.75. The van der Waals surface area contributed by atoms with E-state index in [2.05, 4.69) is 12.2 Å². The number of hydrogen-bond donors (Lipinski definition) is 1. The number of nitrogens with one attached hydrogen (secondary N) is 1. The zero-order valence-electron chi connectivity index (χ0n) is 10.7. The van der Waals surface area contributed by atoms with Crippen LogP contribution in [0.3, 0.4) is 0 Å². The molecule has 100 valence electrons. The summed E-state index contributed by atoms with van der Waals surface area (Å²) in [5, 5.41) is 3.07. The first kappa shape index (κ1) is 13.5. The van der Waals surface area contributed by atoms with Gasteiger partial charge in [0.1, 0.15) is 0 Å². The zero-order chi connectivity index (χ0) is 13.0. The van der Waals surface area contributed by atoms with E-state index in [0.29, 0.717) is 5.56 Å². The van der Waals surface area contributed by atoms with Gasteiger partial charge >= 0.3 is 0 Å². The molecule has 1 aromatic rings. The Balaban J connectivity index is 1.72. The molecule has 0 spiro atoms. The third-order valence-corrected chi connectivity index (χ3v) is 4.04. The molecule has 1 N–H and O–H groups in total. The van der Waals surface area contributed by atoms with Gasteiger partial charge in [-0.05, 0) is 42.3 Å². The fourth-order valence-electron chi connectivity index (χ4n) is 2.76. The minimum atomic E-state index is -0.141. The quantitative estimate of drug-likeness (QED) is 0.901. The number of amides is 1. The first-order valence-corrected chi connectivity index (χ1v) is 7.06. The van der Waals surface area contributed by atoms with Crippen LogP contribution in [0.2, 0.25) is 5.22 Å². The molecular weight excluding hydrogens is 250 g/mol. The lowest BCUT2D eigenvalue weighted by atomic mass is 9.81. The molecule has 2 unspecified atom stereocenters. The average molecular weight is 270 g/mol. The molecule has 1 aliphatic carbocycles. The normalized spacial score (nSPS) is 23.9. The summed E-state index contributed by atoms with van der Waals surface area (Å²) in [5.41, 5.74) is 0.425. The Morgan fingerprint density at radius 1 is 1.56 bits per heavy atom. The van der Waals surface area contributed by atoms with Crippen molar-refractivity contribution in [1.29, 1.82) is 0 Å². The van der Waals surface area contributed by atoms with Gasteiger partial charge in [-0.2, -0.15) is 0 Å². The van der Waals surface area contributed by atoms with Crippen molar-refractivity contribution in [2.75, 3.05) is 6.54 Å². The first-order chi connectivity index (χ1) is 8.66. The molecule has 0 aliphatic heterocycles. The van der Waals surface area contributed by atoms with Gasteiger partial charge in [0, 0.05) is 6.54 Å². The van der Waals surface area contributed by atoms with Crippen LogP contribution >= 0.6 is 11.6 Å². The fourth-order valence-corrected chi connectivity index (χ4v) is 2.96. The molecule has 1 aromatic heterocycles. The van der Waals surface area contributed by atoms with E-state index in [-0.39, 0.29) is 11.1 Å². The fraction of sp³-hybridized carbons (Fsp3) is 0.643. The predicted octanol–water partition coefficient (Wildman–Crippen LogP) is 3.88. The van der Waals surface area contributed by atoms with Crippen molar-refractivity contribution >= 4 is 17.5 Å². The third-order valence-electron chi connectivity index (χ3n) is 3.75. The first-order valence-electron chi connectivity index (χ1n) is 6.68. The summed E-state index contributed by atoms with van der Waals surface area (Å²) in [5.74, 6) is 1.45. The van der Waals surface area contributed by atoms with Crippen molar-refractivity contribution < 1.29 is 9.21 Å². The maximum absolute atomic E-state index is 11.8. The molecule has 2 rings (SSSR count). The number of hydrogen-bond acceptors (Lipinski definition) is 2. The molecule has 0 aromatic carbocycles. The van der Waals surface area contributed by atoms with Crippen molar-refractivity contribution in [3.63, 3.8) is 0 Å². The molecule has 4 heteroatoms. The molecule has 1 aliphatic rings. The van der Waals surface area contributed by atoms with Gasteiger partial charge < -0.3 is 9.73 Å². The summed E-state index contributed by atoms with van der Waals surface area (Å²) < 4.78 is 4.90. The standard InChI is InChI=1S/C14H20ClNO2/c1-10-3-2-4-11(9-10)5-7-16-14(17)12-6-8-18-13(12)15/h6,8,10-11H,2-5,7,9H2,1H3,(H,16,17). The van der Waals surface area contributed by atoms with Gasteiger partial charge in [-0.1, -0.05) is 26.2 Å².